The highest BCUT2D eigenvalue weighted by molar-refractivity contribution is 6.03. The summed E-state index contributed by atoms with van der Waals surface area (Å²) < 4.78 is 2.49. The van der Waals surface area contributed by atoms with Crippen molar-refractivity contribution in [3.8, 4) is 0 Å². The number of para-hydroxylation sites is 2. The second kappa shape index (κ2) is 10.7. The highest BCUT2D eigenvalue weighted by Gasteiger charge is 2.44. The molecule has 2 aromatic rings. The summed E-state index contributed by atoms with van der Waals surface area (Å²) in [5, 5.41) is 0. The van der Waals surface area contributed by atoms with E-state index in [1.165, 1.54) is 28.2 Å². The highest BCUT2D eigenvalue weighted by Crippen LogP contribution is 2.46. The lowest BCUT2D eigenvalue weighted by atomic mass is 9.80. The predicted molar refractivity (Wildman–Crippen MR) is 162 cm³/mol. The summed E-state index contributed by atoms with van der Waals surface area (Å²) in [7, 11) is 0. The van der Waals surface area contributed by atoms with Gasteiger partial charge in [-0.2, -0.15) is 4.58 Å². The molecule has 38 heavy (non-hydrogen) atoms. The van der Waals surface area contributed by atoms with Gasteiger partial charge in [0.05, 0.1) is 11.5 Å². The van der Waals surface area contributed by atoms with Crippen molar-refractivity contribution in [2.24, 2.45) is 5.41 Å². The molecular weight excluding hydrogens is 464 g/mol. The Morgan fingerprint density at radius 3 is 2.32 bits per heavy atom. The van der Waals surface area contributed by atoms with Crippen LogP contribution in [-0.2, 0) is 15.6 Å². The van der Waals surface area contributed by atoms with Crippen LogP contribution in [0.25, 0.3) is 0 Å². The SMILES string of the molecule is CCC[N+]1=C(/C=C/C=C/C2N(CCCC(=O)C(C)(C)C)c3ccccc3C2(C)C)C(C)(C)c2ccccc21. The maximum absolute atomic E-state index is 12.6. The van der Waals surface area contributed by atoms with Gasteiger partial charge in [0.2, 0.25) is 5.69 Å². The molecule has 1 atom stereocenters. The third kappa shape index (κ3) is 5.17. The molecule has 0 saturated carbocycles. The number of ketones is 1. The summed E-state index contributed by atoms with van der Waals surface area (Å²) in [6.45, 7) is 19.6. The van der Waals surface area contributed by atoms with Crippen molar-refractivity contribution in [1.82, 2.24) is 0 Å². The summed E-state index contributed by atoms with van der Waals surface area (Å²) in [4.78, 5) is 15.1. The molecule has 0 bridgehead atoms. The van der Waals surface area contributed by atoms with Crippen LogP contribution in [0.3, 0.4) is 0 Å². The highest BCUT2D eigenvalue weighted by atomic mass is 16.1. The maximum Gasteiger partial charge on any atom is 0.209 e. The first-order valence-corrected chi connectivity index (χ1v) is 14.4. The Morgan fingerprint density at radius 2 is 1.63 bits per heavy atom. The number of benzene rings is 2. The first-order valence-electron chi connectivity index (χ1n) is 14.4. The van der Waals surface area contributed by atoms with Crippen LogP contribution in [0.2, 0.25) is 0 Å². The molecule has 2 aliphatic heterocycles. The summed E-state index contributed by atoms with van der Waals surface area (Å²) >= 11 is 0. The second-order valence-electron chi connectivity index (χ2n) is 13.1. The third-order valence-corrected chi connectivity index (χ3v) is 8.53. The second-order valence-corrected chi connectivity index (χ2v) is 13.1. The number of hydrogen-bond acceptors (Lipinski definition) is 2. The lowest BCUT2D eigenvalue weighted by Gasteiger charge is -2.32. The normalized spacial score (nSPS) is 20.0. The Bertz CT molecular complexity index is 1270. The minimum atomic E-state index is -0.275. The molecule has 0 saturated heterocycles. The zero-order chi connectivity index (χ0) is 27.7. The van der Waals surface area contributed by atoms with E-state index in [-0.39, 0.29) is 22.3 Å². The van der Waals surface area contributed by atoms with Crippen LogP contribution >= 0.6 is 0 Å². The van der Waals surface area contributed by atoms with Crippen LogP contribution in [0.5, 0.6) is 0 Å². The van der Waals surface area contributed by atoms with Crippen LogP contribution < -0.4 is 4.90 Å². The van der Waals surface area contributed by atoms with E-state index in [2.05, 4.69) is 117 Å². The molecule has 0 aromatic heterocycles. The lowest BCUT2D eigenvalue weighted by molar-refractivity contribution is -0.437. The van der Waals surface area contributed by atoms with Crippen LogP contribution in [0.15, 0.2) is 72.8 Å². The molecule has 2 heterocycles. The van der Waals surface area contributed by atoms with Crippen molar-refractivity contribution in [3.63, 3.8) is 0 Å². The minimum Gasteiger partial charge on any atom is -0.364 e. The number of carbonyl (C=O) groups is 1. The molecule has 4 rings (SSSR count). The number of fused-ring (bicyclic) bond motifs is 2. The van der Waals surface area contributed by atoms with Crippen molar-refractivity contribution >= 4 is 22.9 Å². The van der Waals surface area contributed by atoms with Gasteiger partial charge in [-0.05, 0) is 31.9 Å². The molecule has 0 spiro atoms. The van der Waals surface area contributed by atoms with Gasteiger partial charge in [-0.3, -0.25) is 4.79 Å². The van der Waals surface area contributed by atoms with Gasteiger partial charge >= 0.3 is 0 Å². The van der Waals surface area contributed by atoms with E-state index in [9.17, 15) is 4.79 Å². The molecule has 0 radical (unpaired) electrons. The maximum atomic E-state index is 12.6. The monoisotopic (exact) mass is 511 g/mol. The van der Waals surface area contributed by atoms with E-state index in [4.69, 9.17) is 0 Å². The quantitative estimate of drug-likeness (QED) is 0.250. The van der Waals surface area contributed by atoms with Crippen LogP contribution in [0.4, 0.5) is 11.4 Å². The average Bonchev–Trinajstić information content (AvgIpc) is 3.21. The Hall–Kier alpha value is -2.94. The Balaban J connectivity index is 1.58. The molecule has 0 N–H and O–H groups in total. The van der Waals surface area contributed by atoms with Crippen LogP contribution in [-0.4, -0.2) is 35.2 Å². The average molecular weight is 512 g/mol. The van der Waals surface area contributed by atoms with Crippen molar-refractivity contribution < 1.29 is 9.37 Å². The topological polar surface area (TPSA) is 23.3 Å². The number of anilines is 1. The van der Waals surface area contributed by atoms with E-state index in [0.717, 1.165) is 25.9 Å². The van der Waals surface area contributed by atoms with Crippen molar-refractivity contribution in [3.05, 3.63) is 84.0 Å². The third-order valence-electron chi connectivity index (χ3n) is 8.53. The van der Waals surface area contributed by atoms with E-state index in [1.54, 1.807) is 0 Å². The fraction of sp³-hybridized carbons (Fsp3) is 0.486. The van der Waals surface area contributed by atoms with E-state index in [1.807, 2.05) is 20.8 Å². The molecule has 0 amide bonds. The first kappa shape index (κ1) is 28.1. The van der Waals surface area contributed by atoms with Gasteiger partial charge in [0.1, 0.15) is 12.3 Å². The molecule has 2 aromatic carbocycles. The van der Waals surface area contributed by atoms with Gasteiger partial charge in [-0.15, -0.1) is 0 Å². The zero-order valence-electron chi connectivity index (χ0n) is 24.8. The molecule has 0 aliphatic carbocycles. The molecular formula is C35H47N2O+. The summed E-state index contributed by atoms with van der Waals surface area (Å²) in [6.07, 6.45) is 11.7. The summed E-state index contributed by atoms with van der Waals surface area (Å²) in [5.41, 5.74) is 6.47. The van der Waals surface area contributed by atoms with Gasteiger partial charge in [-0.1, -0.05) is 96.2 Å². The van der Waals surface area contributed by atoms with E-state index < -0.39 is 0 Å². The van der Waals surface area contributed by atoms with Crippen molar-refractivity contribution in [2.75, 3.05) is 18.0 Å². The Labute approximate surface area is 231 Å². The number of Topliss-reactive ketones (excluding diaryl/α,β-unsaturated/α-hetero) is 1. The Kier molecular flexibility index (Phi) is 7.89. The number of hydrogen-bond donors (Lipinski definition) is 0. The summed E-state index contributed by atoms with van der Waals surface area (Å²) in [6, 6.07) is 17.8. The predicted octanol–water partition coefficient (Wildman–Crippen LogP) is 8.15. The van der Waals surface area contributed by atoms with Gasteiger partial charge < -0.3 is 4.90 Å². The van der Waals surface area contributed by atoms with Crippen LogP contribution in [0.1, 0.15) is 85.8 Å². The Morgan fingerprint density at radius 1 is 0.974 bits per heavy atom. The molecule has 2 aliphatic rings. The summed E-state index contributed by atoms with van der Waals surface area (Å²) in [5.74, 6) is 0.341. The molecule has 1 unspecified atom stereocenters. The largest absolute Gasteiger partial charge is 0.364 e. The fourth-order valence-electron chi connectivity index (χ4n) is 6.28. The van der Waals surface area contributed by atoms with Gasteiger partial charge in [-0.25, -0.2) is 0 Å². The van der Waals surface area contributed by atoms with E-state index in [0.29, 0.717) is 12.2 Å². The smallest absolute Gasteiger partial charge is 0.209 e. The minimum absolute atomic E-state index is 0.0147. The van der Waals surface area contributed by atoms with Crippen molar-refractivity contribution in [2.45, 2.75) is 91.5 Å². The van der Waals surface area contributed by atoms with Crippen molar-refractivity contribution in [1.29, 1.82) is 0 Å². The molecule has 3 nitrogen and oxygen atoms in total. The van der Waals surface area contributed by atoms with Gasteiger partial charge in [0.25, 0.3) is 0 Å². The number of allylic oxidation sites excluding steroid dienone is 3. The molecule has 0 fully saturated rings. The van der Waals surface area contributed by atoms with Gasteiger partial charge in [0.15, 0.2) is 5.71 Å². The van der Waals surface area contributed by atoms with Crippen LogP contribution in [0, 0.1) is 5.41 Å². The number of nitrogens with zero attached hydrogens (tertiary/aromatic N) is 2. The zero-order valence-corrected chi connectivity index (χ0v) is 24.8. The fourth-order valence-corrected chi connectivity index (χ4v) is 6.28. The molecule has 3 heteroatoms. The van der Waals surface area contributed by atoms with E-state index >= 15 is 0 Å². The lowest BCUT2D eigenvalue weighted by Crippen LogP contribution is -2.40. The standard InChI is InChI=1S/C35H47N2O/c1-9-24-36-28-19-12-10-17-26(28)34(5,6)30(36)21-14-15-22-31-35(7,8)27-18-11-13-20-29(27)37(31)25-16-23-32(38)33(2,3)4/h10-15,17-22,31H,9,16,23-25H2,1-8H3/q+1/b21-14+,22-15+. The van der Waals surface area contributed by atoms with Gasteiger partial charge in [0, 0.05) is 53.6 Å². The molecule has 202 valence electrons. The number of carbonyl (C=O) groups excluding carboxylic acids is 1. The first-order chi connectivity index (χ1) is 17.9. The number of rotatable bonds is 9.